The Hall–Kier alpha value is -0.240. The number of carboxylic acid groups (broad SMARTS) is 1. The zero-order valence-electron chi connectivity index (χ0n) is 7.45. The summed E-state index contributed by atoms with van der Waals surface area (Å²) in [4.78, 5) is 10.5. The Morgan fingerprint density at radius 2 is 1.83 bits per heavy atom. The summed E-state index contributed by atoms with van der Waals surface area (Å²) in [5, 5.41) is 8.70. The molecule has 0 aromatic heterocycles. The minimum absolute atomic E-state index is 0. The Morgan fingerprint density at radius 3 is 2.17 bits per heavy atom. The van der Waals surface area contributed by atoms with Crippen LogP contribution in [0.4, 0.5) is 0 Å². The van der Waals surface area contributed by atoms with Gasteiger partial charge < -0.3 is 5.11 Å². The van der Waals surface area contributed by atoms with Crippen LogP contribution >= 0.6 is 12.4 Å². The summed E-state index contributed by atoms with van der Waals surface area (Å²) >= 11 is 0. The van der Waals surface area contributed by atoms with Crippen molar-refractivity contribution in [3.63, 3.8) is 0 Å². The number of aliphatic carboxylic acids is 1. The second-order valence-corrected chi connectivity index (χ2v) is 3.46. The van der Waals surface area contributed by atoms with Crippen LogP contribution in [0.25, 0.3) is 0 Å². The molecule has 1 saturated carbocycles. The van der Waals surface area contributed by atoms with E-state index in [0.29, 0.717) is 0 Å². The SMILES string of the molecule is CCC1CCC(C(=O)O)CC1.Cl. The minimum atomic E-state index is -0.598. The quantitative estimate of drug-likeness (QED) is 0.731. The van der Waals surface area contributed by atoms with Gasteiger partial charge in [0.1, 0.15) is 0 Å². The van der Waals surface area contributed by atoms with Gasteiger partial charge in [-0.3, -0.25) is 4.79 Å². The van der Waals surface area contributed by atoms with Crippen LogP contribution in [0.5, 0.6) is 0 Å². The first-order valence-corrected chi connectivity index (χ1v) is 4.46. The molecule has 3 heteroatoms. The maximum Gasteiger partial charge on any atom is 0.306 e. The largest absolute Gasteiger partial charge is 0.481 e. The van der Waals surface area contributed by atoms with E-state index in [4.69, 9.17) is 5.11 Å². The van der Waals surface area contributed by atoms with Crippen LogP contribution in [0, 0.1) is 11.8 Å². The van der Waals surface area contributed by atoms with E-state index in [9.17, 15) is 4.79 Å². The Kier molecular flexibility index (Phi) is 5.31. The van der Waals surface area contributed by atoms with Gasteiger partial charge in [0.05, 0.1) is 5.92 Å². The predicted molar refractivity (Wildman–Crippen MR) is 50.6 cm³/mol. The van der Waals surface area contributed by atoms with E-state index in [1.807, 2.05) is 0 Å². The molecule has 2 nitrogen and oxygen atoms in total. The molecule has 1 rings (SSSR count). The van der Waals surface area contributed by atoms with E-state index in [1.165, 1.54) is 6.42 Å². The molecule has 1 N–H and O–H groups in total. The van der Waals surface area contributed by atoms with Crippen molar-refractivity contribution in [1.82, 2.24) is 0 Å². The molecule has 1 aliphatic rings. The molecule has 1 aliphatic carbocycles. The smallest absolute Gasteiger partial charge is 0.306 e. The summed E-state index contributed by atoms with van der Waals surface area (Å²) in [6.45, 7) is 2.19. The lowest BCUT2D eigenvalue weighted by atomic mass is 9.81. The van der Waals surface area contributed by atoms with Gasteiger partial charge in [-0.25, -0.2) is 0 Å². The first-order valence-electron chi connectivity index (χ1n) is 4.46. The number of hydrogen-bond donors (Lipinski definition) is 1. The maximum absolute atomic E-state index is 10.5. The van der Waals surface area contributed by atoms with Crippen LogP contribution < -0.4 is 0 Å². The van der Waals surface area contributed by atoms with E-state index in [-0.39, 0.29) is 18.3 Å². The fraction of sp³-hybridized carbons (Fsp3) is 0.889. The third-order valence-electron chi connectivity index (χ3n) is 2.77. The summed E-state index contributed by atoms with van der Waals surface area (Å²) < 4.78 is 0. The summed E-state index contributed by atoms with van der Waals surface area (Å²) in [5.74, 6) is 0.156. The van der Waals surface area contributed by atoms with Crippen molar-refractivity contribution >= 4 is 18.4 Å². The maximum atomic E-state index is 10.5. The van der Waals surface area contributed by atoms with Gasteiger partial charge in [-0.1, -0.05) is 13.3 Å². The van der Waals surface area contributed by atoms with Crippen molar-refractivity contribution in [1.29, 1.82) is 0 Å². The fourth-order valence-electron chi connectivity index (χ4n) is 1.82. The standard InChI is InChI=1S/C9H16O2.ClH/c1-2-7-3-5-8(6-4-7)9(10)11;/h7-8H,2-6H2,1H3,(H,10,11);1H. The summed E-state index contributed by atoms with van der Waals surface area (Å²) in [6, 6.07) is 0. The summed E-state index contributed by atoms with van der Waals surface area (Å²) in [7, 11) is 0. The molecule has 0 aliphatic heterocycles. The Bertz CT molecular complexity index is 139. The van der Waals surface area contributed by atoms with Crippen LogP contribution in [0.1, 0.15) is 39.0 Å². The number of carboxylic acids is 1. The lowest BCUT2D eigenvalue weighted by Crippen LogP contribution is -2.20. The molecular weight excluding hydrogens is 176 g/mol. The molecule has 72 valence electrons. The molecule has 0 aromatic rings. The summed E-state index contributed by atoms with van der Waals surface area (Å²) in [5.41, 5.74) is 0. The molecule has 0 heterocycles. The highest BCUT2D eigenvalue weighted by molar-refractivity contribution is 5.85. The van der Waals surface area contributed by atoms with Gasteiger partial charge in [-0.2, -0.15) is 0 Å². The molecule has 1 fully saturated rings. The van der Waals surface area contributed by atoms with E-state index >= 15 is 0 Å². The van der Waals surface area contributed by atoms with Crippen LogP contribution in [-0.4, -0.2) is 11.1 Å². The van der Waals surface area contributed by atoms with Crippen LogP contribution in [-0.2, 0) is 4.79 Å². The monoisotopic (exact) mass is 192 g/mol. The summed E-state index contributed by atoms with van der Waals surface area (Å²) in [6.07, 6.45) is 5.24. The normalized spacial score (nSPS) is 29.1. The molecule has 0 atom stereocenters. The van der Waals surface area contributed by atoms with E-state index in [1.54, 1.807) is 0 Å². The first kappa shape index (κ1) is 11.8. The van der Waals surface area contributed by atoms with Gasteiger partial charge in [0.15, 0.2) is 0 Å². The Labute approximate surface area is 79.8 Å². The number of carbonyl (C=O) groups is 1. The first-order chi connectivity index (χ1) is 5.24. The second kappa shape index (κ2) is 5.41. The Morgan fingerprint density at radius 1 is 1.33 bits per heavy atom. The Balaban J connectivity index is 0.00000121. The van der Waals surface area contributed by atoms with Gasteiger partial charge in [0.25, 0.3) is 0 Å². The highest BCUT2D eigenvalue weighted by Crippen LogP contribution is 2.30. The van der Waals surface area contributed by atoms with Gasteiger partial charge in [-0.15, -0.1) is 12.4 Å². The lowest BCUT2D eigenvalue weighted by molar-refractivity contribution is -0.143. The molecular formula is C9H17ClO2. The van der Waals surface area contributed by atoms with Crippen molar-refractivity contribution in [3.05, 3.63) is 0 Å². The molecule has 0 bridgehead atoms. The lowest BCUT2D eigenvalue weighted by Gasteiger charge is -2.24. The topological polar surface area (TPSA) is 37.3 Å². The van der Waals surface area contributed by atoms with Crippen molar-refractivity contribution in [2.24, 2.45) is 11.8 Å². The molecule has 0 unspecified atom stereocenters. The van der Waals surface area contributed by atoms with E-state index in [2.05, 4.69) is 6.92 Å². The van der Waals surface area contributed by atoms with Crippen molar-refractivity contribution in [2.75, 3.05) is 0 Å². The van der Waals surface area contributed by atoms with Crippen molar-refractivity contribution in [3.8, 4) is 0 Å². The molecule has 0 amide bonds. The minimum Gasteiger partial charge on any atom is -0.481 e. The molecule has 12 heavy (non-hydrogen) atoms. The third kappa shape index (κ3) is 3.02. The molecule has 0 radical (unpaired) electrons. The van der Waals surface area contributed by atoms with Crippen LogP contribution in [0.2, 0.25) is 0 Å². The average Bonchev–Trinajstić information content (AvgIpc) is 2.05. The highest BCUT2D eigenvalue weighted by Gasteiger charge is 2.24. The predicted octanol–water partition coefficient (Wildman–Crippen LogP) is 2.71. The number of hydrogen-bond acceptors (Lipinski definition) is 1. The number of halogens is 1. The van der Waals surface area contributed by atoms with Crippen LogP contribution in [0.3, 0.4) is 0 Å². The van der Waals surface area contributed by atoms with E-state index < -0.39 is 5.97 Å². The third-order valence-corrected chi connectivity index (χ3v) is 2.77. The number of rotatable bonds is 2. The fourth-order valence-corrected chi connectivity index (χ4v) is 1.82. The van der Waals surface area contributed by atoms with Crippen molar-refractivity contribution in [2.45, 2.75) is 39.0 Å². The molecule has 0 saturated heterocycles. The molecule has 0 spiro atoms. The van der Waals surface area contributed by atoms with E-state index in [0.717, 1.165) is 31.6 Å². The van der Waals surface area contributed by atoms with Gasteiger partial charge in [0.2, 0.25) is 0 Å². The molecule has 0 aromatic carbocycles. The van der Waals surface area contributed by atoms with Gasteiger partial charge in [-0.05, 0) is 31.6 Å². The zero-order valence-corrected chi connectivity index (χ0v) is 8.27. The second-order valence-electron chi connectivity index (χ2n) is 3.46. The van der Waals surface area contributed by atoms with Gasteiger partial charge in [0, 0.05) is 0 Å². The van der Waals surface area contributed by atoms with Crippen molar-refractivity contribution < 1.29 is 9.90 Å². The van der Waals surface area contributed by atoms with Gasteiger partial charge >= 0.3 is 5.97 Å². The average molecular weight is 193 g/mol. The zero-order chi connectivity index (χ0) is 8.27. The van der Waals surface area contributed by atoms with Crippen LogP contribution in [0.15, 0.2) is 0 Å². The highest BCUT2D eigenvalue weighted by atomic mass is 35.5.